The minimum absolute atomic E-state index is 0.124. The van der Waals surface area contributed by atoms with E-state index in [1.807, 2.05) is 13.0 Å². The molecular formula is C15H24N2O2. The molecule has 1 aromatic rings. The number of aryl methyl sites for hydroxylation is 1. The van der Waals surface area contributed by atoms with Gasteiger partial charge in [-0.05, 0) is 18.8 Å². The van der Waals surface area contributed by atoms with Gasteiger partial charge in [-0.15, -0.1) is 0 Å². The Morgan fingerprint density at radius 3 is 2.84 bits per heavy atom. The monoisotopic (exact) mass is 264 g/mol. The Kier molecular flexibility index (Phi) is 5.00. The lowest BCUT2D eigenvalue weighted by Crippen LogP contribution is -2.27. The number of nitrogens with one attached hydrogen (secondary N) is 1. The van der Waals surface area contributed by atoms with Crippen LogP contribution in [0.2, 0.25) is 0 Å². The molecule has 0 bridgehead atoms. The summed E-state index contributed by atoms with van der Waals surface area (Å²) in [6, 6.07) is 1.85. The highest BCUT2D eigenvalue weighted by molar-refractivity contribution is 5.76. The molecule has 1 N–H and O–H groups in total. The van der Waals surface area contributed by atoms with Gasteiger partial charge in [-0.2, -0.15) is 0 Å². The maximum atomic E-state index is 11.9. The standard InChI is InChI=1S/C15H24N2O2/c1-11(13-6-4-3-5-7-13)8-15(18)16-10-14-9-12(2)19-17-14/h9,11,13H,3-8,10H2,1-2H3,(H,16,18)/t11-/m0/s1. The topological polar surface area (TPSA) is 55.1 Å². The van der Waals surface area contributed by atoms with Gasteiger partial charge in [0.2, 0.25) is 5.91 Å². The molecule has 19 heavy (non-hydrogen) atoms. The second-order valence-corrected chi connectivity index (χ2v) is 5.79. The highest BCUT2D eigenvalue weighted by atomic mass is 16.5. The molecule has 1 amide bonds. The number of nitrogens with zero attached hydrogens (tertiary/aromatic N) is 1. The van der Waals surface area contributed by atoms with E-state index in [-0.39, 0.29) is 5.91 Å². The van der Waals surface area contributed by atoms with E-state index in [1.54, 1.807) is 0 Å². The molecule has 1 aliphatic carbocycles. The van der Waals surface area contributed by atoms with Crippen molar-refractivity contribution in [3.05, 3.63) is 17.5 Å². The summed E-state index contributed by atoms with van der Waals surface area (Å²) in [4.78, 5) is 11.9. The molecule has 106 valence electrons. The predicted molar refractivity (Wildman–Crippen MR) is 73.4 cm³/mol. The minimum atomic E-state index is 0.124. The van der Waals surface area contributed by atoms with Crippen LogP contribution < -0.4 is 5.32 Å². The number of rotatable bonds is 5. The van der Waals surface area contributed by atoms with Crippen LogP contribution in [0.4, 0.5) is 0 Å². The third-order valence-corrected chi connectivity index (χ3v) is 4.11. The van der Waals surface area contributed by atoms with Crippen LogP contribution in [0.3, 0.4) is 0 Å². The van der Waals surface area contributed by atoms with Gasteiger partial charge in [0.25, 0.3) is 0 Å². The Hall–Kier alpha value is -1.32. The zero-order valence-corrected chi connectivity index (χ0v) is 11.9. The first-order valence-electron chi connectivity index (χ1n) is 7.34. The van der Waals surface area contributed by atoms with Crippen LogP contribution in [0.25, 0.3) is 0 Å². The maximum Gasteiger partial charge on any atom is 0.220 e. The summed E-state index contributed by atoms with van der Waals surface area (Å²) >= 11 is 0. The second kappa shape index (κ2) is 6.73. The first kappa shape index (κ1) is 14.1. The largest absolute Gasteiger partial charge is 0.361 e. The molecule has 1 aliphatic rings. The Balaban J connectivity index is 1.71. The van der Waals surface area contributed by atoms with Gasteiger partial charge in [0, 0.05) is 12.5 Å². The molecule has 0 saturated heterocycles. The molecule has 1 saturated carbocycles. The van der Waals surface area contributed by atoms with E-state index in [4.69, 9.17) is 4.52 Å². The van der Waals surface area contributed by atoms with E-state index in [2.05, 4.69) is 17.4 Å². The number of carbonyl (C=O) groups is 1. The van der Waals surface area contributed by atoms with Crippen molar-refractivity contribution in [3.8, 4) is 0 Å². The summed E-state index contributed by atoms with van der Waals surface area (Å²) in [5.74, 6) is 2.12. The maximum absolute atomic E-state index is 11.9. The van der Waals surface area contributed by atoms with Crippen LogP contribution in [0.1, 0.15) is 56.9 Å². The van der Waals surface area contributed by atoms with E-state index in [0.29, 0.717) is 18.9 Å². The number of carbonyl (C=O) groups excluding carboxylic acids is 1. The van der Waals surface area contributed by atoms with Crippen LogP contribution >= 0.6 is 0 Å². The average Bonchev–Trinajstić information content (AvgIpc) is 2.83. The molecule has 2 rings (SSSR count). The van der Waals surface area contributed by atoms with Gasteiger partial charge in [0.15, 0.2) is 0 Å². The van der Waals surface area contributed by atoms with Crippen molar-refractivity contribution < 1.29 is 9.32 Å². The number of aromatic nitrogens is 1. The van der Waals surface area contributed by atoms with Crippen molar-refractivity contribution in [2.45, 2.75) is 58.9 Å². The van der Waals surface area contributed by atoms with Gasteiger partial charge < -0.3 is 9.84 Å². The Morgan fingerprint density at radius 1 is 1.47 bits per heavy atom. The Labute approximate surface area is 114 Å². The quantitative estimate of drug-likeness (QED) is 0.888. The highest BCUT2D eigenvalue weighted by Gasteiger charge is 2.22. The van der Waals surface area contributed by atoms with E-state index in [1.165, 1.54) is 32.1 Å². The van der Waals surface area contributed by atoms with Crippen LogP contribution in [-0.4, -0.2) is 11.1 Å². The van der Waals surface area contributed by atoms with Gasteiger partial charge in [-0.3, -0.25) is 4.79 Å². The second-order valence-electron chi connectivity index (χ2n) is 5.79. The van der Waals surface area contributed by atoms with Crippen molar-refractivity contribution >= 4 is 5.91 Å². The molecule has 1 aromatic heterocycles. The fourth-order valence-electron chi connectivity index (χ4n) is 2.92. The van der Waals surface area contributed by atoms with E-state index >= 15 is 0 Å². The van der Waals surface area contributed by atoms with Gasteiger partial charge in [0.1, 0.15) is 11.5 Å². The highest BCUT2D eigenvalue weighted by Crippen LogP contribution is 2.31. The lowest BCUT2D eigenvalue weighted by molar-refractivity contribution is -0.122. The molecule has 1 atom stereocenters. The first-order chi connectivity index (χ1) is 9.15. The first-order valence-corrected chi connectivity index (χ1v) is 7.34. The van der Waals surface area contributed by atoms with Crippen molar-refractivity contribution in [1.29, 1.82) is 0 Å². The van der Waals surface area contributed by atoms with Crippen LogP contribution in [-0.2, 0) is 11.3 Å². The van der Waals surface area contributed by atoms with Gasteiger partial charge in [0.05, 0.1) is 6.54 Å². The van der Waals surface area contributed by atoms with E-state index in [9.17, 15) is 4.79 Å². The smallest absolute Gasteiger partial charge is 0.220 e. The summed E-state index contributed by atoms with van der Waals surface area (Å²) in [5.41, 5.74) is 0.788. The van der Waals surface area contributed by atoms with Gasteiger partial charge in [-0.25, -0.2) is 0 Å². The molecule has 0 unspecified atom stereocenters. The molecular weight excluding hydrogens is 240 g/mol. The van der Waals surface area contributed by atoms with E-state index < -0.39 is 0 Å². The molecule has 0 radical (unpaired) electrons. The van der Waals surface area contributed by atoms with Crippen molar-refractivity contribution in [2.24, 2.45) is 11.8 Å². The van der Waals surface area contributed by atoms with Crippen molar-refractivity contribution in [2.75, 3.05) is 0 Å². The molecule has 4 heteroatoms. The summed E-state index contributed by atoms with van der Waals surface area (Å²) < 4.78 is 4.97. The fraction of sp³-hybridized carbons (Fsp3) is 0.733. The third kappa shape index (κ3) is 4.37. The van der Waals surface area contributed by atoms with Crippen LogP contribution in [0, 0.1) is 18.8 Å². The molecule has 0 aliphatic heterocycles. The molecule has 0 aromatic carbocycles. The molecule has 0 spiro atoms. The summed E-state index contributed by atoms with van der Waals surface area (Å²) in [7, 11) is 0. The van der Waals surface area contributed by atoms with Crippen LogP contribution in [0.5, 0.6) is 0 Å². The molecule has 1 heterocycles. The predicted octanol–water partition coefficient (Wildman–Crippen LogP) is 3.21. The average molecular weight is 264 g/mol. The Morgan fingerprint density at radius 2 is 2.21 bits per heavy atom. The van der Waals surface area contributed by atoms with Crippen molar-refractivity contribution in [3.63, 3.8) is 0 Å². The number of hydrogen-bond donors (Lipinski definition) is 1. The third-order valence-electron chi connectivity index (χ3n) is 4.11. The van der Waals surface area contributed by atoms with Gasteiger partial charge in [-0.1, -0.05) is 44.2 Å². The van der Waals surface area contributed by atoms with Crippen molar-refractivity contribution in [1.82, 2.24) is 10.5 Å². The molecule has 1 fully saturated rings. The SMILES string of the molecule is Cc1cc(CNC(=O)C[C@H](C)C2CCCCC2)no1. The zero-order chi connectivity index (χ0) is 13.7. The Bertz CT molecular complexity index is 408. The minimum Gasteiger partial charge on any atom is -0.361 e. The van der Waals surface area contributed by atoms with E-state index in [0.717, 1.165) is 17.4 Å². The summed E-state index contributed by atoms with van der Waals surface area (Å²) in [6.07, 6.45) is 7.22. The number of amides is 1. The normalized spacial score (nSPS) is 18.2. The lowest BCUT2D eigenvalue weighted by atomic mass is 9.79. The summed E-state index contributed by atoms with van der Waals surface area (Å²) in [6.45, 7) is 4.52. The molecule has 4 nitrogen and oxygen atoms in total. The van der Waals surface area contributed by atoms with Gasteiger partial charge >= 0.3 is 0 Å². The lowest BCUT2D eigenvalue weighted by Gasteiger charge is -2.27. The zero-order valence-electron chi connectivity index (χ0n) is 11.9. The van der Waals surface area contributed by atoms with Crippen LogP contribution in [0.15, 0.2) is 10.6 Å². The fourth-order valence-corrected chi connectivity index (χ4v) is 2.92. The number of hydrogen-bond acceptors (Lipinski definition) is 3. The summed E-state index contributed by atoms with van der Waals surface area (Å²) in [5, 5.41) is 6.79.